The fourth-order valence-electron chi connectivity index (χ4n) is 3.28. The molecule has 2 aromatic rings. The molecule has 3 heterocycles. The number of rotatable bonds is 0. The molecule has 1 fully saturated rings. The van der Waals surface area contributed by atoms with Crippen LogP contribution in [-0.4, -0.2) is 29.2 Å². The zero-order valence-electron chi connectivity index (χ0n) is 10.9. The van der Waals surface area contributed by atoms with Crippen molar-refractivity contribution in [2.75, 3.05) is 18.1 Å². The monoisotopic (exact) mass is 255 g/mol. The predicted molar refractivity (Wildman–Crippen MR) is 74.6 cm³/mol. The molecule has 0 aliphatic carbocycles. The Kier molecular flexibility index (Phi) is 2.53. The summed E-state index contributed by atoms with van der Waals surface area (Å²) in [7, 11) is 0. The third-order valence-electron chi connectivity index (χ3n) is 4.21. The summed E-state index contributed by atoms with van der Waals surface area (Å²) in [5.41, 5.74) is 0.980. The van der Waals surface area contributed by atoms with Gasteiger partial charge in [0, 0.05) is 19.0 Å². The summed E-state index contributed by atoms with van der Waals surface area (Å²) in [6, 6.07) is 6.64. The second-order valence-corrected chi connectivity index (χ2v) is 5.33. The van der Waals surface area contributed by atoms with Crippen LogP contribution in [0.4, 0.5) is 5.82 Å². The summed E-state index contributed by atoms with van der Waals surface area (Å²) in [4.78, 5) is 11.4. The van der Waals surface area contributed by atoms with Crippen molar-refractivity contribution in [1.82, 2.24) is 9.97 Å². The lowest BCUT2D eigenvalue weighted by atomic mass is 9.98. The molecular weight excluding hydrogens is 238 g/mol. The number of hydrogen-bond acceptors (Lipinski definition) is 4. The molecule has 0 spiro atoms. The van der Waals surface area contributed by atoms with Crippen molar-refractivity contribution in [3.63, 3.8) is 0 Å². The van der Waals surface area contributed by atoms with Crippen molar-refractivity contribution in [3.8, 4) is 5.75 Å². The van der Waals surface area contributed by atoms with Gasteiger partial charge in [-0.15, -0.1) is 0 Å². The number of ether oxygens (including phenoxy) is 1. The van der Waals surface area contributed by atoms with Gasteiger partial charge in [-0.2, -0.15) is 0 Å². The van der Waals surface area contributed by atoms with Crippen LogP contribution in [0.25, 0.3) is 10.9 Å². The molecule has 0 radical (unpaired) electrons. The van der Waals surface area contributed by atoms with Crippen molar-refractivity contribution in [2.45, 2.75) is 31.7 Å². The van der Waals surface area contributed by atoms with Crippen LogP contribution in [0.5, 0.6) is 5.75 Å². The van der Waals surface area contributed by atoms with E-state index in [0.717, 1.165) is 42.0 Å². The van der Waals surface area contributed by atoms with E-state index in [1.54, 1.807) is 6.33 Å². The van der Waals surface area contributed by atoms with Crippen LogP contribution >= 0.6 is 0 Å². The van der Waals surface area contributed by atoms with Crippen LogP contribution in [0.15, 0.2) is 24.5 Å². The van der Waals surface area contributed by atoms with E-state index in [-0.39, 0.29) is 0 Å². The standard InChI is InChI=1S/C15H17N3O/c1-2-8-18-11(4-1)7-9-19-13-6-3-5-12-14(13)15(18)17-10-16-12/h3,5-6,10-11H,1-2,4,7-9H2. The van der Waals surface area contributed by atoms with Crippen LogP contribution in [0.3, 0.4) is 0 Å². The van der Waals surface area contributed by atoms with E-state index in [1.165, 1.54) is 19.3 Å². The van der Waals surface area contributed by atoms with Crippen molar-refractivity contribution < 1.29 is 4.74 Å². The molecule has 1 saturated heterocycles. The summed E-state index contributed by atoms with van der Waals surface area (Å²) in [6.07, 6.45) is 6.58. The van der Waals surface area contributed by atoms with Gasteiger partial charge >= 0.3 is 0 Å². The third-order valence-corrected chi connectivity index (χ3v) is 4.21. The average Bonchev–Trinajstić information content (AvgIpc) is 2.45. The van der Waals surface area contributed by atoms with Crippen molar-refractivity contribution in [3.05, 3.63) is 24.5 Å². The topological polar surface area (TPSA) is 38.2 Å². The molecule has 4 nitrogen and oxygen atoms in total. The fourth-order valence-corrected chi connectivity index (χ4v) is 3.28. The van der Waals surface area contributed by atoms with Gasteiger partial charge in [0.25, 0.3) is 0 Å². The quantitative estimate of drug-likeness (QED) is 0.725. The lowest BCUT2D eigenvalue weighted by molar-refractivity contribution is 0.280. The van der Waals surface area contributed by atoms with Crippen molar-refractivity contribution in [2.24, 2.45) is 0 Å². The molecule has 2 aliphatic rings. The van der Waals surface area contributed by atoms with E-state index in [9.17, 15) is 0 Å². The molecule has 98 valence electrons. The molecule has 1 aromatic heterocycles. The van der Waals surface area contributed by atoms with Gasteiger partial charge in [0.2, 0.25) is 0 Å². The normalized spacial score (nSPS) is 22.3. The molecule has 19 heavy (non-hydrogen) atoms. The second-order valence-electron chi connectivity index (χ2n) is 5.33. The first-order chi connectivity index (χ1) is 9.43. The maximum absolute atomic E-state index is 5.94. The minimum Gasteiger partial charge on any atom is -0.493 e. The lowest BCUT2D eigenvalue weighted by Crippen LogP contribution is -2.41. The highest BCUT2D eigenvalue weighted by atomic mass is 16.5. The molecule has 0 amide bonds. The Balaban J connectivity index is 1.96. The van der Waals surface area contributed by atoms with Crippen molar-refractivity contribution >= 4 is 16.7 Å². The Hall–Kier alpha value is -1.84. The smallest absolute Gasteiger partial charge is 0.143 e. The van der Waals surface area contributed by atoms with Crippen LogP contribution < -0.4 is 9.64 Å². The first-order valence-electron chi connectivity index (χ1n) is 7.06. The van der Waals surface area contributed by atoms with E-state index in [1.807, 2.05) is 18.2 Å². The molecule has 1 unspecified atom stereocenters. The van der Waals surface area contributed by atoms with E-state index >= 15 is 0 Å². The lowest BCUT2D eigenvalue weighted by Gasteiger charge is -2.38. The zero-order chi connectivity index (χ0) is 12.7. The number of anilines is 1. The molecule has 0 bridgehead atoms. The number of nitrogens with zero attached hydrogens (tertiary/aromatic N) is 3. The van der Waals surface area contributed by atoms with Crippen LogP contribution in [0.1, 0.15) is 25.7 Å². The maximum Gasteiger partial charge on any atom is 0.143 e. The summed E-state index contributed by atoms with van der Waals surface area (Å²) in [5.74, 6) is 1.99. The van der Waals surface area contributed by atoms with Gasteiger partial charge in [-0.3, -0.25) is 0 Å². The minimum atomic E-state index is 0.570. The minimum absolute atomic E-state index is 0.570. The molecule has 0 saturated carbocycles. The van der Waals surface area contributed by atoms with Crippen LogP contribution in [0, 0.1) is 0 Å². The third kappa shape index (κ3) is 1.74. The van der Waals surface area contributed by atoms with E-state index in [2.05, 4.69) is 14.9 Å². The Labute approximate surface area is 112 Å². The van der Waals surface area contributed by atoms with Gasteiger partial charge in [-0.1, -0.05) is 6.07 Å². The van der Waals surface area contributed by atoms with Crippen LogP contribution in [-0.2, 0) is 0 Å². The number of aromatic nitrogens is 2. The molecule has 4 heteroatoms. The van der Waals surface area contributed by atoms with Gasteiger partial charge in [0.05, 0.1) is 17.5 Å². The Bertz CT molecular complexity index is 608. The highest BCUT2D eigenvalue weighted by molar-refractivity contribution is 5.95. The Morgan fingerprint density at radius 3 is 3.16 bits per heavy atom. The van der Waals surface area contributed by atoms with E-state index in [4.69, 9.17) is 4.74 Å². The SMILES string of the molecule is c1cc2c3c(ncnc3c1)N1CCCCC1CCO2. The summed E-state index contributed by atoms with van der Waals surface area (Å²) < 4.78 is 5.94. The highest BCUT2D eigenvalue weighted by Gasteiger charge is 2.27. The Morgan fingerprint density at radius 2 is 2.16 bits per heavy atom. The number of benzene rings is 1. The summed E-state index contributed by atoms with van der Waals surface area (Å²) >= 11 is 0. The fraction of sp³-hybridized carbons (Fsp3) is 0.467. The van der Waals surface area contributed by atoms with Gasteiger partial charge < -0.3 is 9.64 Å². The first kappa shape index (κ1) is 11.0. The molecule has 1 atom stereocenters. The first-order valence-corrected chi connectivity index (χ1v) is 7.06. The molecule has 1 aromatic carbocycles. The maximum atomic E-state index is 5.94. The van der Waals surface area contributed by atoms with Crippen molar-refractivity contribution in [1.29, 1.82) is 0 Å². The Morgan fingerprint density at radius 1 is 1.16 bits per heavy atom. The molecule has 4 rings (SSSR count). The van der Waals surface area contributed by atoms with Gasteiger partial charge in [-0.05, 0) is 31.4 Å². The predicted octanol–water partition coefficient (Wildman–Crippen LogP) is 2.77. The van der Waals surface area contributed by atoms with E-state index < -0.39 is 0 Å². The number of piperidine rings is 1. The average molecular weight is 255 g/mol. The molecular formula is C15H17N3O. The van der Waals surface area contributed by atoms with Crippen LogP contribution in [0.2, 0.25) is 0 Å². The largest absolute Gasteiger partial charge is 0.493 e. The summed E-state index contributed by atoms with van der Waals surface area (Å²) in [6.45, 7) is 1.89. The second kappa shape index (κ2) is 4.37. The van der Waals surface area contributed by atoms with Gasteiger partial charge in [-0.25, -0.2) is 9.97 Å². The van der Waals surface area contributed by atoms with Gasteiger partial charge in [0.1, 0.15) is 17.9 Å². The highest BCUT2D eigenvalue weighted by Crippen LogP contribution is 2.37. The van der Waals surface area contributed by atoms with Gasteiger partial charge in [0.15, 0.2) is 0 Å². The zero-order valence-corrected chi connectivity index (χ0v) is 10.9. The molecule has 2 aliphatic heterocycles. The summed E-state index contributed by atoms with van der Waals surface area (Å²) in [5, 5.41) is 1.08. The number of fused-ring (bicyclic) bond motifs is 2. The molecule has 0 N–H and O–H groups in total. The number of hydrogen-bond donors (Lipinski definition) is 0. The van der Waals surface area contributed by atoms with E-state index in [0.29, 0.717) is 6.04 Å².